The molecule has 0 amide bonds. The number of rotatable bonds is 75. The van der Waals surface area contributed by atoms with E-state index in [1.54, 1.807) is 0 Å². The van der Waals surface area contributed by atoms with E-state index in [-0.39, 0.29) is 25.7 Å². The normalized spacial score (nSPS) is 14.7. The summed E-state index contributed by atoms with van der Waals surface area (Å²) in [5.74, 6) is -2.31. The van der Waals surface area contributed by atoms with Gasteiger partial charge in [0.05, 0.1) is 26.4 Å². The molecule has 0 aliphatic carbocycles. The third-order valence-electron chi connectivity index (χ3n) is 16.4. The van der Waals surface area contributed by atoms with Crippen molar-refractivity contribution in [3.63, 3.8) is 0 Å². The number of carbonyl (C=O) groups excluding carboxylic acids is 4. The molecule has 0 aromatic heterocycles. The first-order chi connectivity index (χ1) is 51.7. The summed E-state index contributed by atoms with van der Waals surface area (Å²) in [4.78, 5) is 73.1. The Hall–Kier alpha value is -5.32. The summed E-state index contributed by atoms with van der Waals surface area (Å²) in [5, 5.41) is 10.7. The van der Waals surface area contributed by atoms with Gasteiger partial charge in [-0.25, -0.2) is 9.13 Å². The van der Waals surface area contributed by atoms with Crippen LogP contribution in [0.4, 0.5) is 0 Å². The molecule has 3 N–H and O–H groups in total. The number of carbonyl (C=O) groups is 4. The van der Waals surface area contributed by atoms with E-state index in [1.807, 2.05) is 12.2 Å². The summed E-state index contributed by atoms with van der Waals surface area (Å²) >= 11 is 0. The zero-order chi connectivity index (χ0) is 77.4. The molecule has 0 heterocycles. The number of unbranched alkanes of at least 4 members (excludes halogenated alkanes) is 23. The molecule has 0 fully saturated rings. The Morgan fingerprint density at radius 1 is 0.274 bits per heavy atom. The molecule has 0 spiro atoms. The molecular weight excluding hydrogens is 1380 g/mol. The highest BCUT2D eigenvalue weighted by molar-refractivity contribution is 7.47. The fourth-order valence-electron chi connectivity index (χ4n) is 10.2. The van der Waals surface area contributed by atoms with Crippen LogP contribution in [0.15, 0.2) is 158 Å². The lowest BCUT2D eigenvalue weighted by molar-refractivity contribution is -0.161. The lowest BCUT2D eigenvalue weighted by Crippen LogP contribution is -2.30. The van der Waals surface area contributed by atoms with Crippen LogP contribution >= 0.6 is 15.6 Å². The molecular formula is C87H144O17P2. The van der Waals surface area contributed by atoms with Gasteiger partial charge in [0.15, 0.2) is 12.2 Å². The molecule has 604 valence electrons. The number of phosphoric acid groups is 2. The first-order valence-corrected chi connectivity index (χ1v) is 43.7. The highest BCUT2D eigenvalue weighted by Gasteiger charge is 2.30. The van der Waals surface area contributed by atoms with Crippen LogP contribution in [0.25, 0.3) is 0 Å². The maximum absolute atomic E-state index is 13.1. The molecule has 0 saturated carbocycles. The molecule has 0 aromatic carbocycles. The van der Waals surface area contributed by atoms with Crippen LogP contribution in [-0.2, 0) is 65.4 Å². The number of ether oxygens (including phenoxy) is 4. The Bertz CT molecular complexity index is 2630. The second kappa shape index (κ2) is 77.8. The third kappa shape index (κ3) is 76.9. The molecule has 17 nitrogen and oxygen atoms in total. The summed E-state index contributed by atoms with van der Waals surface area (Å²) < 4.78 is 68.6. The zero-order valence-electron chi connectivity index (χ0n) is 66.1. The van der Waals surface area contributed by atoms with Gasteiger partial charge in [-0.05, 0) is 173 Å². The quantitative estimate of drug-likeness (QED) is 0.0169. The van der Waals surface area contributed by atoms with Crippen molar-refractivity contribution >= 4 is 39.5 Å². The molecule has 0 saturated heterocycles. The van der Waals surface area contributed by atoms with Crippen LogP contribution in [0.2, 0.25) is 0 Å². The number of allylic oxidation sites excluding steroid dienone is 26. The Labute approximate surface area is 642 Å². The molecule has 0 bridgehead atoms. The van der Waals surface area contributed by atoms with Crippen LogP contribution < -0.4 is 0 Å². The fourth-order valence-corrected chi connectivity index (χ4v) is 11.8. The van der Waals surface area contributed by atoms with Crippen molar-refractivity contribution in [1.82, 2.24) is 0 Å². The predicted octanol–water partition coefficient (Wildman–Crippen LogP) is 24.0. The second-order valence-electron chi connectivity index (χ2n) is 26.6. The van der Waals surface area contributed by atoms with Gasteiger partial charge < -0.3 is 33.8 Å². The van der Waals surface area contributed by atoms with Gasteiger partial charge in [-0.15, -0.1) is 0 Å². The molecule has 19 heteroatoms. The average molecular weight is 1520 g/mol. The number of aliphatic hydroxyl groups excluding tert-OH is 1. The van der Waals surface area contributed by atoms with Crippen molar-refractivity contribution in [2.24, 2.45) is 0 Å². The van der Waals surface area contributed by atoms with E-state index in [1.165, 1.54) is 57.8 Å². The predicted molar refractivity (Wildman–Crippen MR) is 436 cm³/mol. The summed E-state index contributed by atoms with van der Waals surface area (Å²) in [7, 11) is -10.0. The minimum absolute atomic E-state index is 0.0620. The number of hydrogen-bond donors (Lipinski definition) is 3. The van der Waals surface area contributed by atoms with E-state index in [2.05, 4.69) is 174 Å². The third-order valence-corrected chi connectivity index (χ3v) is 18.3. The first kappa shape index (κ1) is 101. The zero-order valence-corrected chi connectivity index (χ0v) is 67.8. The monoisotopic (exact) mass is 1520 g/mol. The van der Waals surface area contributed by atoms with E-state index in [4.69, 9.17) is 37.0 Å². The van der Waals surface area contributed by atoms with Gasteiger partial charge in [0.25, 0.3) is 0 Å². The van der Waals surface area contributed by atoms with E-state index >= 15 is 0 Å². The topological polar surface area (TPSA) is 237 Å². The van der Waals surface area contributed by atoms with Gasteiger partial charge >= 0.3 is 39.5 Å². The Balaban J connectivity index is 5.48. The molecule has 0 radical (unpaired) electrons. The van der Waals surface area contributed by atoms with E-state index in [0.717, 1.165) is 167 Å². The van der Waals surface area contributed by atoms with Crippen LogP contribution in [0.5, 0.6) is 0 Å². The molecule has 106 heavy (non-hydrogen) atoms. The van der Waals surface area contributed by atoms with Crippen molar-refractivity contribution in [3.8, 4) is 0 Å². The summed E-state index contributed by atoms with van der Waals surface area (Å²) in [6, 6.07) is 0. The minimum atomic E-state index is -5.00. The van der Waals surface area contributed by atoms with Crippen molar-refractivity contribution in [2.45, 2.75) is 329 Å². The Morgan fingerprint density at radius 2 is 0.500 bits per heavy atom. The average Bonchev–Trinajstić information content (AvgIpc) is 0.909. The lowest BCUT2D eigenvalue weighted by atomic mass is 10.1. The summed E-state index contributed by atoms with van der Waals surface area (Å²) in [6.07, 6.45) is 90.8. The van der Waals surface area contributed by atoms with Gasteiger partial charge in [-0.1, -0.05) is 269 Å². The molecule has 5 atom stereocenters. The van der Waals surface area contributed by atoms with Crippen molar-refractivity contribution in [1.29, 1.82) is 0 Å². The minimum Gasteiger partial charge on any atom is -0.462 e. The standard InChI is InChI=1S/C87H144O17P2/c1-5-9-13-17-21-25-29-33-37-39-40-42-46-48-52-56-60-64-68-72-85(90)98-78-83(104-87(92)74-70-66-62-58-54-50-44-36-32-28-24-20-16-12-8-4)80-102-106(95,96)100-76-81(88)75-99-105(93,94)101-79-82(103-86(91)73-69-65-61-57-53-49-43-35-31-27-23-19-15-11-7-3)77-97-84(89)71-67-63-59-55-51-47-45-41-38-34-30-26-22-18-14-10-6-2/h9,13,21-28,33-38,40,42-45,47-48,52,55,59,81-83,88H,5-8,10-12,14-20,29-32,39,41,46,49-51,53-54,56-58,60-80H2,1-4H3,(H,93,94)(H,95,96)/b13-9-,25-21-,26-22-,27-23-,28-24-,37-33-,38-34-,42-40-,43-35-,44-36-,47-45-,52-48-,59-55-/t81-,82+,83+/m0/s1. The maximum atomic E-state index is 13.1. The van der Waals surface area contributed by atoms with Crippen LogP contribution in [-0.4, -0.2) is 96.7 Å². The first-order valence-electron chi connectivity index (χ1n) is 40.7. The highest BCUT2D eigenvalue weighted by Crippen LogP contribution is 2.45. The largest absolute Gasteiger partial charge is 0.472 e. The van der Waals surface area contributed by atoms with Gasteiger partial charge in [0, 0.05) is 25.7 Å². The van der Waals surface area contributed by atoms with Crippen molar-refractivity contribution in [3.05, 3.63) is 158 Å². The number of hydrogen-bond acceptors (Lipinski definition) is 15. The van der Waals surface area contributed by atoms with Gasteiger partial charge in [-0.2, -0.15) is 0 Å². The molecule has 0 aliphatic rings. The second-order valence-corrected chi connectivity index (χ2v) is 29.5. The van der Waals surface area contributed by atoms with Crippen molar-refractivity contribution < 1.29 is 80.2 Å². The van der Waals surface area contributed by atoms with Crippen molar-refractivity contribution in [2.75, 3.05) is 39.6 Å². The summed E-state index contributed by atoms with van der Waals surface area (Å²) in [6.45, 7) is 4.55. The Morgan fingerprint density at radius 3 is 0.802 bits per heavy atom. The molecule has 0 aliphatic heterocycles. The van der Waals surface area contributed by atoms with E-state index in [0.29, 0.717) is 32.1 Å². The van der Waals surface area contributed by atoms with Gasteiger partial charge in [0.2, 0.25) is 0 Å². The van der Waals surface area contributed by atoms with Crippen LogP contribution in [0.1, 0.15) is 310 Å². The number of esters is 4. The van der Waals surface area contributed by atoms with E-state index < -0.39 is 97.5 Å². The highest BCUT2D eigenvalue weighted by atomic mass is 31.2. The van der Waals surface area contributed by atoms with E-state index in [9.17, 15) is 43.2 Å². The lowest BCUT2D eigenvalue weighted by Gasteiger charge is -2.21. The Kier molecular flexibility index (Phi) is 73.9. The maximum Gasteiger partial charge on any atom is 0.472 e. The van der Waals surface area contributed by atoms with Crippen LogP contribution in [0, 0.1) is 0 Å². The molecule has 0 rings (SSSR count). The number of aliphatic hydroxyl groups is 1. The number of phosphoric ester groups is 2. The van der Waals surface area contributed by atoms with Gasteiger partial charge in [0.1, 0.15) is 19.3 Å². The smallest absolute Gasteiger partial charge is 0.462 e. The fraction of sp³-hybridized carbons (Fsp3) is 0.655. The molecule has 2 unspecified atom stereocenters. The van der Waals surface area contributed by atoms with Crippen LogP contribution in [0.3, 0.4) is 0 Å². The summed E-state index contributed by atoms with van der Waals surface area (Å²) in [5.41, 5.74) is 0. The van der Waals surface area contributed by atoms with Gasteiger partial charge in [-0.3, -0.25) is 37.3 Å². The molecule has 0 aromatic rings. The SMILES string of the molecule is CC/C=C\C/C=C\C/C=C\C/C=C\C/C=C\CCCCCC(=O)OC[C@H](COP(=O)(O)OC[C@@H](O)COP(=O)(O)OC[C@@H](COC(=O)CCC/C=C\C/C=C\C/C=C\C/C=C\CCCCC)OC(=O)CCCCCCC/C=C\C/C=C\CCCCC)OC(=O)CCCCCCC/C=C\C/C=C\CCCCC.